The summed E-state index contributed by atoms with van der Waals surface area (Å²) in [6.45, 7) is 0. The minimum atomic E-state index is -3.53. The lowest BCUT2D eigenvalue weighted by molar-refractivity contribution is -0.115. The molecule has 1 aromatic rings. The van der Waals surface area contributed by atoms with Crippen molar-refractivity contribution in [2.75, 3.05) is 12.8 Å². The number of nitrogens with one attached hydrogen (secondary N) is 1. The highest BCUT2D eigenvalue weighted by Gasteiger charge is 2.40. The summed E-state index contributed by atoms with van der Waals surface area (Å²) in [7, 11) is -1.80. The number of rotatable bonds is 4. The van der Waals surface area contributed by atoms with E-state index >= 15 is 0 Å². The van der Waals surface area contributed by atoms with Crippen molar-refractivity contribution < 1.29 is 13.2 Å². The van der Waals surface area contributed by atoms with Crippen LogP contribution in [0, 0.1) is 0 Å². The standard InChI is InChI=1S/C12H16N2O3S/c1-14-12-9-5-3-2-4-8(9)6-10(12)18(16,17)7-11(13)15/h2-5,10,12,14H,6-7H2,1H3,(H2,13,15). The second-order valence-electron chi connectivity index (χ2n) is 4.48. The first-order valence-electron chi connectivity index (χ1n) is 5.70. The molecule has 0 aliphatic heterocycles. The normalized spacial score (nSPS) is 22.7. The largest absolute Gasteiger partial charge is 0.369 e. The van der Waals surface area contributed by atoms with Crippen LogP contribution in [-0.2, 0) is 21.1 Å². The highest BCUT2D eigenvalue weighted by atomic mass is 32.2. The molecule has 2 rings (SSSR count). The van der Waals surface area contributed by atoms with E-state index in [0.29, 0.717) is 6.42 Å². The van der Waals surface area contributed by atoms with Gasteiger partial charge in [0.1, 0.15) is 5.75 Å². The number of hydrogen-bond acceptors (Lipinski definition) is 4. The topological polar surface area (TPSA) is 89.3 Å². The summed E-state index contributed by atoms with van der Waals surface area (Å²) in [6, 6.07) is 7.32. The van der Waals surface area contributed by atoms with E-state index in [1.165, 1.54) is 0 Å². The Labute approximate surface area is 106 Å². The van der Waals surface area contributed by atoms with Crippen LogP contribution in [0.1, 0.15) is 17.2 Å². The van der Waals surface area contributed by atoms with Gasteiger partial charge in [-0.15, -0.1) is 0 Å². The van der Waals surface area contributed by atoms with E-state index in [4.69, 9.17) is 5.73 Å². The number of fused-ring (bicyclic) bond motifs is 1. The Kier molecular flexibility index (Phi) is 3.41. The zero-order chi connectivity index (χ0) is 13.3. The molecule has 1 amide bonds. The van der Waals surface area contributed by atoms with Crippen LogP contribution in [0.5, 0.6) is 0 Å². The Morgan fingerprint density at radius 3 is 2.72 bits per heavy atom. The Hall–Kier alpha value is -1.40. The Balaban J connectivity index is 2.36. The van der Waals surface area contributed by atoms with Gasteiger partial charge in [-0.2, -0.15) is 0 Å². The first-order valence-corrected chi connectivity index (χ1v) is 7.42. The molecule has 0 aromatic heterocycles. The maximum atomic E-state index is 12.1. The van der Waals surface area contributed by atoms with E-state index in [9.17, 15) is 13.2 Å². The van der Waals surface area contributed by atoms with E-state index < -0.39 is 26.7 Å². The van der Waals surface area contributed by atoms with Gasteiger partial charge in [-0.05, 0) is 24.6 Å². The van der Waals surface area contributed by atoms with Crippen molar-refractivity contribution in [2.45, 2.75) is 17.7 Å². The molecule has 0 bridgehead atoms. The number of hydrogen-bond donors (Lipinski definition) is 2. The van der Waals surface area contributed by atoms with Crippen LogP contribution in [0.15, 0.2) is 24.3 Å². The summed E-state index contributed by atoms with van der Waals surface area (Å²) in [5.74, 6) is -1.40. The fourth-order valence-corrected chi connectivity index (χ4v) is 4.28. The maximum absolute atomic E-state index is 12.1. The summed E-state index contributed by atoms with van der Waals surface area (Å²) in [6.07, 6.45) is 0.428. The van der Waals surface area contributed by atoms with E-state index in [0.717, 1.165) is 11.1 Å². The lowest BCUT2D eigenvalue weighted by Gasteiger charge is -2.19. The maximum Gasteiger partial charge on any atom is 0.232 e. The highest BCUT2D eigenvalue weighted by Crippen LogP contribution is 2.35. The number of carbonyl (C=O) groups is 1. The second kappa shape index (κ2) is 4.70. The van der Waals surface area contributed by atoms with Crippen molar-refractivity contribution in [2.24, 2.45) is 5.73 Å². The Bertz CT molecular complexity index is 568. The monoisotopic (exact) mass is 268 g/mol. The number of benzene rings is 1. The van der Waals surface area contributed by atoms with Crippen LogP contribution in [-0.4, -0.2) is 32.4 Å². The van der Waals surface area contributed by atoms with Crippen LogP contribution in [0.2, 0.25) is 0 Å². The van der Waals surface area contributed by atoms with Gasteiger partial charge in [-0.25, -0.2) is 8.42 Å². The van der Waals surface area contributed by atoms with Crippen molar-refractivity contribution >= 4 is 15.7 Å². The molecule has 0 fully saturated rings. The molecule has 1 aliphatic rings. The predicted molar refractivity (Wildman–Crippen MR) is 68.7 cm³/mol. The second-order valence-corrected chi connectivity index (χ2v) is 6.70. The van der Waals surface area contributed by atoms with Crippen LogP contribution in [0.4, 0.5) is 0 Å². The fraction of sp³-hybridized carbons (Fsp3) is 0.417. The molecule has 5 nitrogen and oxygen atoms in total. The van der Waals surface area contributed by atoms with Crippen molar-refractivity contribution in [3.63, 3.8) is 0 Å². The molecule has 3 N–H and O–H groups in total. The zero-order valence-corrected chi connectivity index (χ0v) is 10.9. The van der Waals surface area contributed by atoms with Gasteiger partial charge in [0, 0.05) is 6.04 Å². The quantitative estimate of drug-likeness (QED) is 0.789. The van der Waals surface area contributed by atoms with Crippen LogP contribution in [0.3, 0.4) is 0 Å². The first-order chi connectivity index (χ1) is 8.45. The number of primary amides is 1. The first kappa shape index (κ1) is 13.0. The van der Waals surface area contributed by atoms with Gasteiger partial charge in [-0.1, -0.05) is 24.3 Å². The minimum absolute atomic E-state index is 0.273. The van der Waals surface area contributed by atoms with Crippen molar-refractivity contribution in [1.29, 1.82) is 0 Å². The third kappa shape index (κ3) is 2.26. The fourth-order valence-electron chi connectivity index (χ4n) is 2.54. The molecule has 1 aromatic carbocycles. The van der Waals surface area contributed by atoms with E-state index in [1.807, 2.05) is 24.3 Å². The number of sulfone groups is 1. The average Bonchev–Trinajstić information content (AvgIpc) is 2.66. The molecule has 6 heteroatoms. The third-order valence-corrected chi connectivity index (χ3v) is 5.35. The molecule has 0 heterocycles. The molecule has 0 radical (unpaired) electrons. The average molecular weight is 268 g/mol. The summed E-state index contributed by atoms with van der Waals surface area (Å²) >= 11 is 0. The zero-order valence-electron chi connectivity index (χ0n) is 10.1. The highest BCUT2D eigenvalue weighted by molar-refractivity contribution is 7.92. The van der Waals surface area contributed by atoms with Crippen LogP contribution in [0.25, 0.3) is 0 Å². The lowest BCUT2D eigenvalue weighted by atomic mass is 10.1. The van der Waals surface area contributed by atoms with Crippen LogP contribution >= 0.6 is 0 Å². The lowest BCUT2D eigenvalue weighted by Crippen LogP contribution is -2.37. The molecule has 2 unspecified atom stereocenters. The molecular formula is C12H16N2O3S. The molecule has 98 valence electrons. The Morgan fingerprint density at radius 2 is 2.11 bits per heavy atom. The molecule has 2 atom stereocenters. The Morgan fingerprint density at radius 1 is 1.44 bits per heavy atom. The van der Waals surface area contributed by atoms with Gasteiger partial charge in [0.25, 0.3) is 0 Å². The van der Waals surface area contributed by atoms with Gasteiger partial charge in [0.15, 0.2) is 9.84 Å². The van der Waals surface area contributed by atoms with E-state index in [-0.39, 0.29) is 6.04 Å². The molecular weight excluding hydrogens is 252 g/mol. The van der Waals surface area contributed by atoms with Gasteiger partial charge in [0.05, 0.1) is 5.25 Å². The predicted octanol–water partition coefficient (Wildman–Crippen LogP) is -0.228. The molecule has 0 saturated heterocycles. The van der Waals surface area contributed by atoms with E-state index in [2.05, 4.69) is 5.32 Å². The van der Waals surface area contributed by atoms with Crippen molar-refractivity contribution in [3.8, 4) is 0 Å². The van der Waals surface area contributed by atoms with Gasteiger partial charge in [-0.3, -0.25) is 4.79 Å². The summed E-state index contributed by atoms with van der Waals surface area (Å²) in [5.41, 5.74) is 6.99. The van der Waals surface area contributed by atoms with Crippen LogP contribution < -0.4 is 11.1 Å². The van der Waals surface area contributed by atoms with Crippen molar-refractivity contribution in [3.05, 3.63) is 35.4 Å². The summed E-state index contributed by atoms with van der Waals surface area (Å²) in [5, 5.41) is 2.40. The third-order valence-electron chi connectivity index (χ3n) is 3.30. The number of nitrogens with two attached hydrogens (primary N) is 1. The molecule has 0 spiro atoms. The number of carbonyl (C=O) groups excluding carboxylic acids is 1. The van der Waals surface area contributed by atoms with Crippen molar-refractivity contribution in [1.82, 2.24) is 5.32 Å². The molecule has 1 aliphatic carbocycles. The molecule has 18 heavy (non-hydrogen) atoms. The van der Waals surface area contributed by atoms with Gasteiger partial charge in [0.2, 0.25) is 5.91 Å². The molecule has 0 saturated carbocycles. The van der Waals surface area contributed by atoms with Gasteiger partial charge < -0.3 is 11.1 Å². The SMILES string of the molecule is CNC1c2ccccc2CC1S(=O)(=O)CC(N)=O. The van der Waals surface area contributed by atoms with Gasteiger partial charge >= 0.3 is 0 Å². The summed E-state index contributed by atoms with van der Waals surface area (Å²) < 4.78 is 24.3. The summed E-state index contributed by atoms with van der Waals surface area (Å²) in [4.78, 5) is 10.9. The number of amides is 1. The van der Waals surface area contributed by atoms with E-state index in [1.54, 1.807) is 7.05 Å². The minimum Gasteiger partial charge on any atom is -0.369 e. The smallest absolute Gasteiger partial charge is 0.232 e.